The van der Waals surface area contributed by atoms with Crippen LogP contribution in [0.4, 0.5) is 5.69 Å². The number of carbonyl (C=O) groups excluding carboxylic acids is 1. The van der Waals surface area contributed by atoms with Crippen LogP contribution in [0.2, 0.25) is 0 Å². The van der Waals surface area contributed by atoms with Gasteiger partial charge < -0.3 is 14.1 Å². The van der Waals surface area contributed by atoms with E-state index < -0.39 is 0 Å². The molecule has 0 bridgehead atoms. The molecule has 1 aliphatic rings. The van der Waals surface area contributed by atoms with Crippen molar-refractivity contribution in [3.63, 3.8) is 0 Å². The normalized spacial score (nSPS) is 13.8. The largest absolute Gasteiger partial charge is 0.465 e. The lowest BCUT2D eigenvalue weighted by atomic mass is 10.2. The smallest absolute Gasteiger partial charge is 0.297 e. The van der Waals surface area contributed by atoms with E-state index in [0.717, 1.165) is 11.3 Å². The molecule has 0 radical (unpaired) electrons. The van der Waals surface area contributed by atoms with E-state index >= 15 is 0 Å². The first-order chi connectivity index (χ1) is 8.81. The Morgan fingerprint density at radius 2 is 2.11 bits per heavy atom. The number of nitrogens with zero attached hydrogens (tertiary/aromatic N) is 1. The fraction of sp³-hybridized carbons (Fsp3) is 0.214. The molecule has 18 heavy (non-hydrogen) atoms. The van der Waals surface area contributed by atoms with Crippen LogP contribution in [0.1, 0.15) is 22.8 Å². The molecule has 4 heteroatoms. The third-order valence-corrected chi connectivity index (χ3v) is 2.96. The van der Waals surface area contributed by atoms with Gasteiger partial charge in [-0.05, 0) is 19.1 Å². The lowest BCUT2D eigenvalue weighted by molar-refractivity contribution is 0.0989. The highest BCUT2D eigenvalue weighted by molar-refractivity contribution is 6.11. The van der Waals surface area contributed by atoms with Gasteiger partial charge in [-0.1, -0.05) is 18.2 Å². The van der Waals surface area contributed by atoms with Gasteiger partial charge in [0.15, 0.2) is 0 Å². The molecule has 0 spiro atoms. The number of fused-ring (bicyclic) bond motifs is 1. The van der Waals surface area contributed by atoms with Crippen molar-refractivity contribution in [2.45, 2.75) is 13.5 Å². The molecule has 1 aliphatic heterocycles. The summed E-state index contributed by atoms with van der Waals surface area (Å²) in [5.41, 5.74) is 2.33. The Hall–Kier alpha value is -2.23. The topological polar surface area (TPSA) is 42.7 Å². The first-order valence-corrected chi connectivity index (χ1v) is 5.91. The molecule has 0 atom stereocenters. The first kappa shape index (κ1) is 10.9. The summed E-state index contributed by atoms with van der Waals surface area (Å²) >= 11 is 0. The van der Waals surface area contributed by atoms with E-state index in [2.05, 4.69) is 0 Å². The molecule has 92 valence electrons. The van der Waals surface area contributed by atoms with Gasteiger partial charge in [0.05, 0.1) is 13.2 Å². The van der Waals surface area contributed by atoms with Crippen LogP contribution < -0.4 is 9.64 Å². The third kappa shape index (κ3) is 1.57. The Morgan fingerprint density at radius 3 is 2.83 bits per heavy atom. The third-order valence-electron chi connectivity index (χ3n) is 2.96. The number of hydrogen-bond donors (Lipinski definition) is 0. The van der Waals surface area contributed by atoms with Gasteiger partial charge in [0, 0.05) is 11.3 Å². The number of carbonyl (C=O) groups is 1. The van der Waals surface area contributed by atoms with E-state index in [4.69, 9.17) is 9.15 Å². The zero-order chi connectivity index (χ0) is 12.5. The van der Waals surface area contributed by atoms with E-state index in [1.165, 1.54) is 0 Å². The Kier molecular flexibility index (Phi) is 2.55. The SMILES string of the molecule is CCOc1occ2c1C(=O)N(c1ccccc1)C2. The summed E-state index contributed by atoms with van der Waals surface area (Å²) in [5.74, 6) is 0.268. The Labute approximate surface area is 105 Å². The average Bonchev–Trinajstić information content (AvgIpc) is 2.93. The number of rotatable bonds is 3. The van der Waals surface area contributed by atoms with Crippen molar-refractivity contribution < 1.29 is 13.9 Å². The summed E-state index contributed by atoms with van der Waals surface area (Å²) < 4.78 is 10.6. The zero-order valence-electron chi connectivity index (χ0n) is 10.1. The van der Waals surface area contributed by atoms with Crippen molar-refractivity contribution in [1.82, 2.24) is 0 Å². The maximum atomic E-state index is 12.3. The first-order valence-electron chi connectivity index (χ1n) is 5.91. The van der Waals surface area contributed by atoms with Crippen LogP contribution in [-0.2, 0) is 6.54 Å². The van der Waals surface area contributed by atoms with Gasteiger partial charge in [0.25, 0.3) is 11.9 Å². The molecule has 1 amide bonds. The van der Waals surface area contributed by atoms with E-state index in [-0.39, 0.29) is 5.91 Å². The van der Waals surface area contributed by atoms with Crippen LogP contribution >= 0.6 is 0 Å². The lowest BCUT2D eigenvalue weighted by Crippen LogP contribution is -2.23. The number of benzene rings is 1. The second kappa shape index (κ2) is 4.22. The standard InChI is InChI=1S/C14H13NO3/c1-2-17-14-12-10(9-18-14)8-15(13(12)16)11-6-4-3-5-7-11/h3-7,9H,2,8H2,1H3. The highest BCUT2D eigenvalue weighted by Gasteiger charge is 2.34. The van der Waals surface area contributed by atoms with E-state index in [1.54, 1.807) is 11.2 Å². The van der Waals surface area contributed by atoms with Gasteiger partial charge in [-0.2, -0.15) is 0 Å². The summed E-state index contributed by atoms with van der Waals surface area (Å²) in [5, 5.41) is 0. The predicted octanol–water partition coefficient (Wildman–Crippen LogP) is 2.84. The molecule has 0 unspecified atom stereocenters. The molecular weight excluding hydrogens is 230 g/mol. The lowest BCUT2D eigenvalue weighted by Gasteiger charge is -2.15. The number of anilines is 1. The van der Waals surface area contributed by atoms with Gasteiger partial charge >= 0.3 is 0 Å². The Bertz CT molecular complexity index is 574. The maximum Gasteiger partial charge on any atom is 0.297 e. The molecule has 0 N–H and O–H groups in total. The van der Waals surface area contributed by atoms with Crippen molar-refractivity contribution in [1.29, 1.82) is 0 Å². The van der Waals surface area contributed by atoms with Crippen molar-refractivity contribution in [3.05, 3.63) is 47.7 Å². The summed E-state index contributed by atoms with van der Waals surface area (Å²) in [6.45, 7) is 2.89. The zero-order valence-corrected chi connectivity index (χ0v) is 10.1. The minimum absolute atomic E-state index is 0.0617. The van der Waals surface area contributed by atoms with Gasteiger partial charge in [-0.15, -0.1) is 0 Å². The molecule has 4 nitrogen and oxygen atoms in total. The number of hydrogen-bond acceptors (Lipinski definition) is 3. The average molecular weight is 243 g/mol. The number of furan rings is 1. The summed E-state index contributed by atoms with van der Waals surface area (Å²) in [7, 11) is 0. The van der Waals surface area contributed by atoms with Crippen molar-refractivity contribution in [3.8, 4) is 5.95 Å². The van der Waals surface area contributed by atoms with Gasteiger partial charge in [0.1, 0.15) is 11.8 Å². The quantitative estimate of drug-likeness (QED) is 0.832. The molecule has 1 aromatic heterocycles. The van der Waals surface area contributed by atoms with Crippen molar-refractivity contribution in [2.75, 3.05) is 11.5 Å². The highest BCUT2D eigenvalue weighted by Crippen LogP contribution is 2.35. The molecule has 0 aliphatic carbocycles. The number of ether oxygens (including phenoxy) is 1. The second-order valence-electron chi connectivity index (χ2n) is 4.08. The molecule has 3 rings (SSSR count). The van der Waals surface area contributed by atoms with Gasteiger partial charge in [0.2, 0.25) is 0 Å². The van der Waals surface area contributed by atoms with Crippen LogP contribution in [0.25, 0.3) is 0 Å². The van der Waals surface area contributed by atoms with Crippen LogP contribution in [0.3, 0.4) is 0 Å². The van der Waals surface area contributed by atoms with Gasteiger partial charge in [-0.3, -0.25) is 4.79 Å². The van der Waals surface area contributed by atoms with E-state index in [0.29, 0.717) is 24.7 Å². The fourth-order valence-electron chi connectivity index (χ4n) is 2.15. The summed E-state index contributed by atoms with van der Waals surface area (Å²) in [4.78, 5) is 14.1. The molecule has 0 fully saturated rings. The minimum atomic E-state index is -0.0617. The fourth-order valence-corrected chi connectivity index (χ4v) is 2.15. The minimum Gasteiger partial charge on any atom is -0.465 e. The molecule has 2 heterocycles. The predicted molar refractivity (Wildman–Crippen MR) is 66.8 cm³/mol. The van der Waals surface area contributed by atoms with Crippen LogP contribution in [0.5, 0.6) is 5.95 Å². The molecule has 0 saturated heterocycles. The molecule has 0 saturated carbocycles. The Morgan fingerprint density at radius 1 is 1.33 bits per heavy atom. The van der Waals surface area contributed by atoms with Crippen molar-refractivity contribution >= 4 is 11.6 Å². The van der Waals surface area contributed by atoms with Crippen LogP contribution in [0, 0.1) is 0 Å². The van der Waals surface area contributed by atoms with Gasteiger partial charge in [-0.25, -0.2) is 0 Å². The maximum absolute atomic E-state index is 12.3. The molecule has 2 aromatic rings. The second-order valence-corrected chi connectivity index (χ2v) is 4.08. The van der Waals surface area contributed by atoms with Crippen LogP contribution in [-0.4, -0.2) is 12.5 Å². The van der Waals surface area contributed by atoms with E-state index in [1.807, 2.05) is 37.3 Å². The summed E-state index contributed by atoms with van der Waals surface area (Å²) in [6, 6.07) is 9.60. The summed E-state index contributed by atoms with van der Waals surface area (Å²) in [6.07, 6.45) is 1.60. The van der Waals surface area contributed by atoms with Crippen LogP contribution in [0.15, 0.2) is 41.0 Å². The Balaban J connectivity index is 1.95. The monoisotopic (exact) mass is 243 g/mol. The van der Waals surface area contributed by atoms with Crippen molar-refractivity contribution in [2.24, 2.45) is 0 Å². The number of amides is 1. The molecule has 1 aromatic carbocycles. The van der Waals surface area contributed by atoms with E-state index in [9.17, 15) is 4.79 Å². The highest BCUT2D eigenvalue weighted by atomic mass is 16.6. The molecular formula is C14H13NO3. The number of para-hydroxylation sites is 1.